The summed E-state index contributed by atoms with van der Waals surface area (Å²) in [6, 6.07) is 9.62. The van der Waals surface area contributed by atoms with Crippen LogP contribution in [0, 0.1) is 0 Å². The Morgan fingerprint density at radius 3 is 2.35 bits per heavy atom. The maximum absolute atomic E-state index is 12.2. The number of amides is 1. The van der Waals surface area contributed by atoms with Crippen molar-refractivity contribution in [2.45, 2.75) is 33.1 Å². The van der Waals surface area contributed by atoms with Crippen molar-refractivity contribution < 1.29 is 23.6 Å². The number of nitrogens with zero attached hydrogens (tertiary/aromatic N) is 1. The molecular weight excluding hydrogens is 317 g/mol. The van der Waals surface area contributed by atoms with Gasteiger partial charge in [-0.3, -0.25) is 14.6 Å². The molecule has 1 N–H and O–H groups in total. The van der Waals surface area contributed by atoms with E-state index in [1.807, 2.05) is 30.3 Å². The lowest BCUT2D eigenvalue weighted by Crippen LogP contribution is -2.29. The predicted octanol–water partition coefficient (Wildman–Crippen LogP) is 3.49. The van der Waals surface area contributed by atoms with Crippen LogP contribution >= 0.6 is 7.60 Å². The second kappa shape index (κ2) is 10.6. The van der Waals surface area contributed by atoms with Crippen LogP contribution in [-0.2, 0) is 24.8 Å². The van der Waals surface area contributed by atoms with Crippen LogP contribution in [0.25, 0.3) is 0 Å². The predicted molar refractivity (Wildman–Crippen MR) is 88.6 cm³/mol. The highest BCUT2D eigenvalue weighted by atomic mass is 31.2. The number of hydrogen-bond acceptors (Lipinski definition) is 5. The van der Waals surface area contributed by atoms with Crippen LogP contribution in [0.4, 0.5) is 0 Å². The van der Waals surface area contributed by atoms with Crippen LogP contribution in [0.15, 0.2) is 30.3 Å². The molecular formula is C16H26NO5P. The molecule has 0 heterocycles. The summed E-state index contributed by atoms with van der Waals surface area (Å²) in [5.74, 6) is -0.350. The summed E-state index contributed by atoms with van der Waals surface area (Å²) in [6.07, 6.45) is 1.34. The van der Waals surface area contributed by atoms with Crippen molar-refractivity contribution in [1.82, 2.24) is 5.06 Å². The van der Waals surface area contributed by atoms with E-state index in [4.69, 9.17) is 9.05 Å². The van der Waals surface area contributed by atoms with Crippen molar-refractivity contribution in [1.29, 1.82) is 0 Å². The average molecular weight is 343 g/mol. The highest BCUT2D eigenvalue weighted by Gasteiger charge is 2.23. The first-order chi connectivity index (χ1) is 11.0. The van der Waals surface area contributed by atoms with Crippen LogP contribution in [0.3, 0.4) is 0 Å². The fourth-order valence-corrected chi connectivity index (χ4v) is 3.77. The number of carbonyl (C=O) groups excluding carboxylic acids is 1. The number of benzene rings is 1. The van der Waals surface area contributed by atoms with E-state index >= 15 is 0 Å². The molecule has 1 aromatic rings. The van der Waals surface area contributed by atoms with Crippen molar-refractivity contribution >= 4 is 13.5 Å². The minimum atomic E-state index is -3.12. The minimum Gasteiger partial charge on any atom is -0.309 e. The first-order valence-electron chi connectivity index (χ1n) is 7.92. The van der Waals surface area contributed by atoms with Gasteiger partial charge >= 0.3 is 7.60 Å². The number of aryl methyl sites for hydroxylation is 1. The maximum atomic E-state index is 12.2. The quantitative estimate of drug-likeness (QED) is 0.378. The van der Waals surface area contributed by atoms with E-state index in [0.717, 1.165) is 5.56 Å². The largest absolute Gasteiger partial charge is 0.330 e. The Kier molecular flexibility index (Phi) is 9.10. The van der Waals surface area contributed by atoms with Gasteiger partial charge in [-0.15, -0.1) is 0 Å². The van der Waals surface area contributed by atoms with E-state index in [0.29, 0.717) is 31.1 Å². The molecule has 1 rings (SSSR count). The third-order valence-electron chi connectivity index (χ3n) is 3.21. The van der Waals surface area contributed by atoms with Crippen molar-refractivity contribution in [3.8, 4) is 0 Å². The molecule has 0 atom stereocenters. The van der Waals surface area contributed by atoms with Gasteiger partial charge in [0.15, 0.2) is 0 Å². The molecule has 0 saturated carbocycles. The van der Waals surface area contributed by atoms with E-state index in [9.17, 15) is 14.6 Å². The van der Waals surface area contributed by atoms with Crippen LogP contribution in [0.2, 0.25) is 0 Å². The lowest BCUT2D eigenvalue weighted by Gasteiger charge is -2.19. The summed E-state index contributed by atoms with van der Waals surface area (Å²) >= 11 is 0. The Morgan fingerprint density at radius 1 is 1.17 bits per heavy atom. The Hall–Kier alpha value is -1.20. The lowest BCUT2D eigenvalue weighted by molar-refractivity contribution is -0.165. The van der Waals surface area contributed by atoms with Crippen molar-refractivity contribution in [3.63, 3.8) is 0 Å². The molecule has 0 unspecified atom stereocenters. The Morgan fingerprint density at radius 2 is 1.78 bits per heavy atom. The van der Waals surface area contributed by atoms with E-state index in [-0.39, 0.29) is 25.0 Å². The van der Waals surface area contributed by atoms with Crippen molar-refractivity contribution in [2.24, 2.45) is 0 Å². The summed E-state index contributed by atoms with van der Waals surface area (Å²) in [6.45, 7) is 4.21. The molecule has 1 aromatic carbocycles. The van der Waals surface area contributed by atoms with Crippen molar-refractivity contribution in [3.05, 3.63) is 35.9 Å². The topological polar surface area (TPSA) is 76.1 Å². The molecule has 0 aliphatic rings. The first kappa shape index (κ1) is 19.8. The summed E-state index contributed by atoms with van der Waals surface area (Å²) in [7, 11) is -3.12. The number of hydrogen-bond donors (Lipinski definition) is 1. The van der Waals surface area contributed by atoms with Crippen LogP contribution < -0.4 is 0 Å². The zero-order chi connectivity index (χ0) is 17.1. The molecule has 1 amide bonds. The molecule has 0 spiro atoms. The third kappa shape index (κ3) is 7.75. The molecule has 23 heavy (non-hydrogen) atoms. The summed E-state index contributed by atoms with van der Waals surface area (Å²) in [4.78, 5) is 11.9. The lowest BCUT2D eigenvalue weighted by atomic mass is 10.1. The van der Waals surface area contributed by atoms with Gasteiger partial charge in [-0.25, -0.2) is 5.06 Å². The molecule has 130 valence electrons. The highest BCUT2D eigenvalue weighted by Crippen LogP contribution is 2.48. The Labute approximate surface area is 137 Å². The van der Waals surface area contributed by atoms with Gasteiger partial charge in [-0.1, -0.05) is 30.3 Å². The van der Waals surface area contributed by atoms with Gasteiger partial charge < -0.3 is 9.05 Å². The molecule has 0 fully saturated rings. The fraction of sp³-hybridized carbons (Fsp3) is 0.562. The zero-order valence-corrected chi connectivity index (χ0v) is 14.7. The van der Waals surface area contributed by atoms with Crippen LogP contribution in [0.1, 0.15) is 32.3 Å². The monoisotopic (exact) mass is 343 g/mol. The maximum Gasteiger partial charge on any atom is 0.330 e. The van der Waals surface area contributed by atoms with Gasteiger partial charge in [0.25, 0.3) is 0 Å². The summed E-state index contributed by atoms with van der Waals surface area (Å²) < 4.78 is 22.6. The number of hydroxylamine groups is 2. The SMILES string of the molecule is CCOP(=O)(CCCN(O)C(=O)CCc1ccccc1)OCC. The van der Waals surface area contributed by atoms with Gasteiger partial charge in [0.1, 0.15) is 0 Å². The molecule has 0 saturated heterocycles. The third-order valence-corrected chi connectivity index (χ3v) is 5.38. The van der Waals surface area contributed by atoms with Gasteiger partial charge in [0, 0.05) is 13.0 Å². The second-order valence-corrected chi connectivity index (χ2v) is 7.21. The molecule has 0 radical (unpaired) electrons. The number of carbonyl (C=O) groups is 1. The number of rotatable bonds is 11. The summed E-state index contributed by atoms with van der Waals surface area (Å²) in [5.41, 5.74) is 1.05. The van der Waals surface area contributed by atoms with Crippen LogP contribution in [0.5, 0.6) is 0 Å². The van der Waals surface area contributed by atoms with E-state index in [1.165, 1.54) is 0 Å². The first-order valence-corrected chi connectivity index (χ1v) is 9.65. The van der Waals surface area contributed by atoms with Gasteiger partial charge in [-0.2, -0.15) is 0 Å². The zero-order valence-electron chi connectivity index (χ0n) is 13.8. The smallest absolute Gasteiger partial charge is 0.309 e. The second-order valence-electron chi connectivity index (χ2n) is 5.03. The van der Waals surface area contributed by atoms with E-state index in [1.54, 1.807) is 13.8 Å². The Bertz CT molecular complexity index is 498. The average Bonchev–Trinajstić information content (AvgIpc) is 2.54. The normalized spacial score (nSPS) is 11.4. The highest BCUT2D eigenvalue weighted by molar-refractivity contribution is 7.53. The standard InChI is InChI=1S/C16H26NO5P/c1-3-21-23(20,22-4-2)14-8-13-17(19)16(18)12-11-15-9-6-5-7-10-15/h5-7,9-10,19H,3-4,8,11-14H2,1-2H3. The van der Waals surface area contributed by atoms with Crippen molar-refractivity contribution in [2.75, 3.05) is 25.9 Å². The Balaban J connectivity index is 2.33. The van der Waals surface area contributed by atoms with E-state index in [2.05, 4.69) is 0 Å². The molecule has 7 heteroatoms. The summed E-state index contributed by atoms with van der Waals surface area (Å²) in [5, 5.41) is 10.5. The van der Waals surface area contributed by atoms with E-state index < -0.39 is 7.60 Å². The molecule has 0 aliphatic heterocycles. The molecule has 6 nitrogen and oxygen atoms in total. The molecule has 0 bridgehead atoms. The molecule has 0 aliphatic carbocycles. The molecule has 0 aromatic heterocycles. The van der Waals surface area contributed by atoms with Gasteiger partial charge in [-0.05, 0) is 32.3 Å². The van der Waals surface area contributed by atoms with Gasteiger partial charge in [0.2, 0.25) is 5.91 Å². The minimum absolute atomic E-state index is 0.109. The van der Waals surface area contributed by atoms with Crippen LogP contribution in [-0.4, -0.2) is 42.1 Å². The van der Waals surface area contributed by atoms with Gasteiger partial charge in [0.05, 0.1) is 19.4 Å². The fourth-order valence-electron chi connectivity index (χ4n) is 2.12.